The molecule has 1 unspecified atom stereocenters. The number of ether oxygens (including phenoxy) is 2. The second-order valence-corrected chi connectivity index (χ2v) is 7.39. The number of benzene rings is 2. The zero-order valence-corrected chi connectivity index (χ0v) is 17.3. The van der Waals surface area contributed by atoms with Gasteiger partial charge in [-0.05, 0) is 55.2 Å². The van der Waals surface area contributed by atoms with E-state index in [1.807, 2.05) is 49.4 Å². The van der Waals surface area contributed by atoms with Crippen molar-refractivity contribution in [2.45, 2.75) is 38.8 Å². The molecule has 1 saturated heterocycles. The third kappa shape index (κ3) is 7.50. The van der Waals surface area contributed by atoms with E-state index < -0.39 is 0 Å². The van der Waals surface area contributed by atoms with E-state index in [0.717, 1.165) is 36.3 Å². The van der Waals surface area contributed by atoms with Crippen LogP contribution in [0.2, 0.25) is 0 Å². The number of hydrogen-bond donors (Lipinski definition) is 3. The van der Waals surface area contributed by atoms with E-state index in [-0.39, 0.29) is 18.0 Å². The molecule has 0 aliphatic carbocycles. The van der Waals surface area contributed by atoms with Crippen LogP contribution in [-0.4, -0.2) is 37.9 Å². The SMILES string of the molecule is Cc1cccc(NC(=O)Nc2cccc(CNC(=O)CCOCC3CCCO3)c2)c1. The van der Waals surface area contributed by atoms with Crippen molar-refractivity contribution in [1.82, 2.24) is 5.32 Å². The van der Waals surface area contributed by atoms with Crippen LogP contribution in [0.5, 0.6) is 0 Å². The van der Waals surface area contributed by atoms with Crippen molar-refractivity contribution in [2.75, 3.05) is 30.5 Å². The van der Waals surface area contributed by atoms with E-state index in [9.17, 15) is 9.59 Å². The molecule has 3 rings (SSSR count). The average molecular weight is 412 g/mol. The molecule has 1 atom stereocenters. The maximum absolute atomic E-state index is 12.2. The molecule has 2 aromatic carbocycles. The maximum Gasteiger partial charge on any atom is 0.323 e. The molecule has 30 heavy (non-hydrogen) atoms. The second-order valence-electron chi connectivity index (χ2n) is 7.39. The highest BCUT2D eigenvalue weighted by Crippen LogP contribution is 2.14. The summed E-state index contributed by atoms with van der Waals surface area (Å²) in [6.45, 7) is 4.09. The third-order valence-corrected chi connectivity index (χ3v) is 4.75. The molecule has 0 aromatic heterocycles. The predicted molar refractivity (Wildman–Crippen MR) is 117 cm³/mol. The first-order valence-corrected chi connectivity index (χ1v) is 10.3. The molecule has 160 valence electrons. The molecule has 0 radical (unpaired) electrons. The third-order valence-electron chi connectivity index (χ3n) is 4.75. The zero-order chi connectivity index (χ0) is 21.2. The normalized spacial score (nSPS) is 15.6. The van der Waals surface area contributed by atoms with Crippen molar-refractivity contribution in [3.8, 4) is 0 Å². The van der Waals surface area contributed by atoms with Gasteiger partial charge in [-0.2, -0.15) is 0 Å². The molecule has 1 aliphatic heterocycles. The van der Waals surface area contributed by atoms with Crippen molar-refractivity contribution in [3.05, 3.63) is 59.7 Å². The fourth-order valence-electron chi connectivity index (χ4n) is 3.22. The highest BCUT2D eigenvalue weighted by molar-refractivity contribution is 5.99. The van der Waals surface area contributed by atoms with Crippen LogP contribution in [0.15, 0.2) is 48.5 Å². The quantitative estimate of drug-likeness (QED) is 0.547. The molecule has 1 aliphatic rings. The summed E-state index contributed by atoms with van der Waals surface area (Å²) in [6.07, 6.45) is 2.59. The number of rotatable bonds is 9. The van der Waals surface area contributed by atoms with Crippen molar-refractivity contribution < 1.29 is 19.1 Å². The van der Waals surface area contributed by atoms with E-state index in [1.165, 1.54) is 0 Å². The molecule has 7 nitrogen and oxygen atoms in total. The second kappa shape index (κ2) is 11.3. The number of hydrogen-bond acceptors (Lipinski definition) is 4. The summed E-state index contributed by atoms with van der Waals surface area (Å²) >= 11 is 0. The van der Waals surface area contributed by atoms with Gasteiger partial charge in [0.2, 0.25) is 5.91 Å². The van der Waals surface area contributed by atoms with Gasteiger partial charge in [0.1, 0.15) is 0 Å². The van der Waals surface area contributed by atoms with Gasteiger partial charge < -0.3 is 25.4 Å². The smallest absolute Gasteiger partial charge is 0.323 e. The summed E-state index contributed by atoms with van der Waals surface area (Å²) in [4.78, 5) is 24.2. The summed E-state index contributed by atoms with van der Waals surface area (Å²) in [5, 5.41) is 8.49. The summed E-state index contributed by atoms with van der Waals surface area (Å²) in [5.74, 6) is -0.0714. The monoisotopic (exact) mass is 411 g/mol. The van der Waals surface area contributed by atoms with Crippen molar-refractivity contribution in [2.24, 2.45) is 0 Å². The van der Waals surface area contributed by atoms with Crippen LogP contribution in [0, 0.1) is 6.92 Å². The number of amides is 3. The molecular formula is C23H29N3O4. The Bertz CT molecular complexity index is 850. The average Bonchev–Trinajstić information content (AvgIpc) is 3.23. The Labute approximate surface area is 177 Å². The predicted octanol–water partition coefficient (Wildman–Crippen LogP) is 3.84. The number of nitrogens with one attached hydrogen (secondary N) is 3. The number of carbonyl (C=O) groups excluding carboxylic acids is 2. The number of anilines is 2. The summed E-state index contributed by atoms with van der Waals surface area (Å²) in [6, 6.07) is 14.7. The zero-order valence-electron chi connectivity index (χ0n) is 17.3. The highest BCUT2D eigenvalue weighted by atomic mass is 16.5. The first-order valence-electron chi connectivity index (χ1n) is 10.3. The Morgan fingerprint density at radius 3 is 2.60 bits per heavy atom. The first-order chi connectivity index (χ1) is 14.6. The minimum Gasteiger partial charge on any atom is -0.378 e. The molecule has 2 aromatic rings. The van der Waals surface area contributed by atoms with Crippen LogP contribution in [0.3, 0.4) is 0 Å². The van der Waals surface area contributed by atoms with E-state index in [0.29, 0.717) is 31.9 Å². The Balaban J connectivity index is 1.37. The Morgan fingerprint density at radius 2 is 1.87 bits per heavy atom. The van der Waals surface area contributed by atoms with Gasteiger partial charge >= 0.3 is 6.03 Å². The van der Waals surface area contributed by atoms with Gasteiger partial charge in [0.05, 0.1) is 19.3 Å². The summed E-state index contributed by atoms with van der Waals surface area (Å²) < 4.78 is 11.0. The number of carbonyl (C=O) groups is 2. The Kier molecular flexibility index (Phi) is 8.23. The van der Waals surface area contributed by atoms with Gasteiger partial charge in [-0.25, -0.2) is 4.79 Å². The van der Waals surface area contributed by atoms with Crippen LogP contribution < -0.4 is 16.0 Å². The van der Waals surface area contributed by atoms with E-state index in [1.54, 1.807) is 6.07 Å². The molecule has 1 heterocycles. The highest BCUT2D eigenvalue weighted by Gasteiger charge is 2.15. The van der Waals surface area contributed by atoms with Crippen LogP contribution in [0.1, 0.15) is 30.4 Å². The van der Waals surface area contributed by atoms with Gasteiger partial charge in [0.15, 0.2) is 0 Å². The first kappa shape index (κ1) is 21.8. The lowest BCUT2D eigenvalue weighted by molar-refractivity contribution is -0.122. The molecule has 7 heteroatoms. The molecular weight excluding hydrogens is 382 g/mol. The van der Waals surface area contributed by atoms with E-state index >= 15 is 0 Å². The molecule has 0 spiro atoms. The van der Waals surface area contributed by atoms with Crippen molar-refractivity contribution in [3.63, 3.8) is 0 Å². The molecule has 1 fully saturated rings. The van der Waals surface area contributed by atoms with Crippen LogP contribution >= 0.6 is 0 Å². The number of aryl methyl sites for hydroxylation is 1. The summed E-state index contributed by atoms with van der Waals surface area (Å²) in [7, 11) is 0. The lowest BCUT2D eigenvalue weighted by atomic mass is 10.2. The minimum absolute atomic E-state index is 0.0714. The molecule has 3 amide bonds. The minimum atomic E-state index is -0.315. The maximum atomic E-state index is 12.2. The fraction of sp³-hybridized carbons (Fsp3) is 0.391. The standard InChI is InChI=1S/C23H29N3O4/c1-17-5-2-7-19(13-17)25-23(28)26-20-8-3-6-18(14-20)15-24-22(27)10-12-29-16-21-9-4-11-30-21/h2-3,5-8,13-14,21H,4,9-12,15-16H2,1H3,(H,24,27)(H2,25,26,28). The molecule has 3 N–H and O–H groups in total. The van der Waals surface area contributed by atoms with Crippen molar-refractivity contribution >= 4 is 23.3 Å². The Morgan fingerprint density at radius 1 is 1.10 bits per heavy atom. The van der Waals surface area contributed by atoms with Crippen LogP contribution in [0.25, 0.3) is 0 Å². The largest absolute Gasteiger partial charge is 0.378 e. The van der Waals surface area contributed by atoms with Gasteiger partial charge in [-0.1, -0.05) is 24.3 Å². The topological polar surface area (TPSA) is 88.7 Å². The lowest BCUT2D eigenvalue weighted by Crippen LogP contribution is -2.25. The molecule has 0 saturated carbocycles. The van der Waals surface area contributed by atoms with Gasteiger partial charge in [0.25, 0.3) is 0 Å². The Hall–Kier alpha value is -2.90. The number of urea groups is 1. The fourth-order valence-corrected chi connectivity index (χ4v) is 3.22. The van der Waals surface area contributed by atoms with Gasteiger partial charge in [-0.3, -0.25) is 4.79 Å². The van der Waals surface area contributed by atoms with Crippen molar-refractivity contribution in [1.29, 1.82) is 0 Å². The van der Waals surface area contributed by atoms with Crippen LogP contribution in [-0.2, 0) is 20.8 Å². The summed E-state index contributed by atoms with van der Waals surface area (Å²) in [5.41, 5.74) is 3.37. The lowest BCUT2D eigenvalue weighted by Gasteiger charge is -2.11. The molecule has 0 bridgehead atoms. The van der Waals surface area contributed by atoms with Crippen LogP contribution in [0.4, 0.5) is 16.2 Å². The van der Waals surface area contributed by atoms with E-state index in [2.05, 4.69) is 16.0 Å². The van der Waals surface area contributed by atoms with Gasteiger partial charge in [-0.15, -0.1) is 0 Å². The van der Waals surface area contributed by atoms with E-state index in [4.69, 9.17) is 9.47 Å². The van der Waals surface area contributed by atoms with Gasteiger partial charge in [0, 0.05) is 30.9 Å².